The van der Waals surface area contributed by atoms with Crippen molar-refractivity contribution in [2.45, 2.75) is 32.2 Å². The van der Waals surface area contributed by atoms with Gasteiger partial charge in [0.05, 0.1) is 18.2 Å². The van der Waals surface area contributed by atoms with E-state index in [1.54, 1.807) is 16.8 Å². The minimum Gasteiger partial charge on any atom is -0.286 e. The molecule has 176 valence electrons. The Kier molecular flexibility index (Phi) is 7.02. The van der Waals surface area contributed by atoms with E-state index in [2.05, 4.69) is 20.4 Å². The predicted octanol–water partition coefficient (Wildman–Crippen LogP) is 5.49. The number of benzene rings is 3. The van der Waals surface area contributed by atoms with E-state index < -0.39 is 17.8 Å². The minimum atomic E-state index is -4.42. The fourth-order valence-corrected chi connectivity index (χ4v) is 3.86. The molecule has 1 atom stereocenters. The first-order valence-corrected chi connectivity index (χ1v) is 10.8. The average Bonchev–Trinajstić information content (AvgIpc) is 3.28. The Bertz CT molecular complexity index is 1190. The van der Waals surface area contributed by atoms with Crippen molar-refractivity contribution in [1.82, 2.24) is 25.1 Å². The summed E-state index contributed by atoms with van der Waals surface area (Å²) in [5, 5.41) is 12.2. The molecule has 0 saturated heterocycles. The van der Waals surface area contributed by atoms with Crippen molar-refractivity contribution in [2.24, 2.45) is 0 Å². The Labute approximate surface area is 194 Å². The molecule has 4 aromatic rings. The third kappa shape index (κ3) is 5.48. The van der Waals surface area contributed by atoms with E-state index in [0.717, 1.165) is 23.3 Å². The van der Waals surface area contributed by atoms with Crippen LogP contribution in [-0.4, -0.2) is 31.7 Å². The lowest BCUT2D eigenvalue weighted by Crippen LogP contribution is -2.31. The number of tetrazole rings is 1. The van der Waals surface area contributed by atoms with Gasteiger partial charge in [-0.2, -0.15) is 13.2 Å². The minimum absolute atomic E-state index is 0.294. The van der Waals surface area contributed by atoms with Crippen LogP contribution in [0.15, 0.2) is 78.9 Å². The molecule has 0 spiro atoms. The summed E-state index contributed by atoms with van der Waals surface area (Å²) in [6.07, 6.45) is -4.42. The van der Waals surface area contributed by atoms with Gasteiger partial charge >= 0.3 is 6.18 Å². The van der Waals surface area contributed by atoms with Crippen molar-refractivity contribution in [2.75, 3.05) is 6.54 Å². The second-order valence-corrected chi connectivity index (χ2v) is 7.89. The highest BCUT2D eigenvalue weighted by Crippen LogP contribution is 2.33. The van der Waals surface area contributed by atoms with Gasteiger partial charge in [0.2, 0.25) is 0 Å². The van der Waals surface area contributed by atoms with Gasteiger partial charge in [0.15, 0.2) is 5.82 Å². The van der Waals surface area contributed by atoms with E-state index >= 15 is 0 Å². The van der Waals surface area contributed by atoms with Gasteiger partial charge in [0, 0.05) is 6.54 Å². The van der Waals surface area contributed by atoms with Crippen molar-refractivity contribution >= 4 is 0 Å². The highest BCUT2D eigenvalue weighted by Gasteiger charge is 2.32. The fourth-order valence-electron chi connectivity index (χ4n) is 3.86. The maximum Gasteiger partial charge on any atom is 0.416 e. The lowest BCUT2D eigenvalue weighted by molar-refractivity contribution is -0.137. The van der Waals surface area contributed by atoms with Crippen LogP contribution in [0, 0.1) is 5.82 Å². The maximum atomic E-state index is 13.3. The molecule has 3 aromatic carbocycles. The predicted molar refractivity (Wildman–Crippen MR) is 119 cm³/mol. The molecule has 1 aromatic heterocycles. The molecular formula is C25H23F4N5. The van der Waals surface area contributed by atoms with E-state index in [9.17, 15) is 17.6 Å². The van der Waals surface area contributed by atoms with Crippen LogP contribution in [0.5, 0.6) is 0 Å². The van der Waals surface area contributed by atoms with Crippen LogP contribution in [0.3, 0.4) is 0 Å². The number of alkyl halides is 3. The van der Waals surface area contributed by atoms with Gasteiger partial charge < -0.3 is 0 Å². The second kappa shape index (κ2) is 10.1. The SMILES string of the molecule is CCN(Cc1ccccc1)[C@@H](c1ccc(C(F)(F)F)cc1)c1nnnn1Cc1ccc(F)cc1. The van der Waals surface area contributed by atoms with Gasteiger partial charge in [0.1, 0.15) is 5.82 Å². The third-order valence-electron chi connectivity index (χ3n) is 5.60. The molecule has 0 bridgehead atoms. The molecule has 0 fully saturated rings. The Hall–Kier alpha value is -3.59. The van der Waals surface area contributed by atoms with E-state index in [4.69, 9.17) is 0 Å². The quantitative estimate of drug-likeness (QED) is 0.320. The Morgan fingerprint density at radius 3 is 2.18 bits per heavy atom. The summed E-state index contributed by atoms with van der Waals surface area (Å²) in [5.74, 6) is 0.144. The summed E-state index contributed by atoms with van der Waals surface area (Å²) >= 11 is 0. The van der Waals surface area contributed by atoms with Gasteiger partial charge in [-0.15, -0.1) is 5.10 Å². The Morgan fingerprint density at radius 1 is 0.882 bits per heavy atom. The Morgan fingerprint density at radius 2 is 1.56 bits per heavy atom. The Balaban J connectivity index is 1.73. The number of halogens is 4. The summed E-state index contributed by atoms with van der Waals surface area (Å²) in [4.78, 5) is 2.10. The van der Waals surface area contributed by atoms with Crippen LogP contribution < -0.4 is 0 Å². The number of aromatic nitrogens is 4. The standard InChI is InChI=1S/C25H23F4N5/c1-2-33(16-18-6-4-3-5-7-18)23(20-10-12-21(13-11-20)25(27,28)29)24-30-31-32-34(24)17-19-8-14-22(26)15-9-19/h3-15,23H,2,16-17H2,1H3/t23-/m0/s1. The lowest BCUT2D eigenvalue weighted by Gasteiger charge is -2.30. The van der Waals surface area contributed by atoms with Crippen LogP contribution in [-0.2, 0) is 19.3 Å². The molecule has 0 aliphatic rings. The summed E-state index contributed by atoms with van der Waals surface area (Å²) in [6.45, 7) is 3.42. The second-order valence-electron chi connectivity index (χ2n) is 7.89. The van der Waals surface area contributed by atoms with Crippen molar-refractivity contribution in [3.05, 3.63) is 113 Å². The molecule has 4 rings (SSSR count). The lowest BCUT2D eigenvalue weighted by atomic mass is 10.0. The molecule has 0 aliphatic carbocycles. The molecule has 0 amide bonds. The summed E-state index contributed by atoms with van der Waals surface area (Å²) in [6, 6.07) is 20.4. The number of hydrogen-bond donors (Lipinski definition) is 0. The molecule has 0 radical (unpaired) electrons. The van der Waals surface area contributed by atoms with Gasteiger partial charge in [-0.05, 0) is 57.9 Å². The van der Waals surface area contributed by atoms with Gasteiger partial charge in [-0.25, -0.2) is 9.07 Å². The first-order valence-electron chi connectivity index (χ1n) is 10.8. The van der Waals surface area contributed by atoms with Crippen LogP contribution in [0.4, 0.5) is 17.6 Å². The average molecular weight is 469 g/mol. The largest absolute Gasteiger partial charge is 0.416 e. The fraction of sp³-hybridized carbons (Fsp3) is 0.240. The zero-order valence-electron chi connectivity index (χ0n) is 18.5. The first kappa shape index (κ1) is 23.6. The molecule has 0 aliphatic heterocycles. The van der Waals surface area contributed by atoms with Crippen molar-refractivity contribution in [3.8, 4) is 0 Å². The zero-order chi connectivity index (χ0) is 24.1. The molecular weight excluding hydrogens is 446 g/mol. The summed E-state index contributed by atoms with van der Waals surface area (Å²) < 4.78 is 54.4. The molecule has 34 heavy (non-hydrogen) atoms. The normalized spacial score (nSPS) is 12.8. The smallest absolute Gasteiger partial charge is 0.286 e. The van der Waals surface area contributed by atoms with Crippen LogP contribution in [0.2, 0.25) is 0 Å². The van der Waals surface area contributed by atoms with Crippen molar-refractivity contribution < 1.29 is 17.6 Å². The van der Waals surface area contributed by atoms with Crippen LogP contribution in [0.1, 0.15) is 41.0 Å². The topological polar surface area (TPSA) is 46.8 Å². The number of rotatable bonds is 8. The van der Waals surface area contributed by atoms with Crippen LogP contribution in [0.25, 0.3) is 0 Å². The zero-order valence-corrected chi connectivity index (χ0v) is 18.5. The van der Waals surface area contributed by atoms with Crippen molar-refractivity contribution in [3.63, 3.8) is 0 Å². The molecule has 0 N–H and O–H groups in total. The highest BCUT2D eigenvalue weighted by atomic mass is 19.4. The summed E-state index contributed by atoms with van der Waals surface area (Å²) in [5.41, 5.74) is 1.78. The molecule has 1 heterocycles. The molecule has 0 unspecified atom stereocenters. The van der Waals surface area contributed by atoms with Crippen LogP contribution >= 0.6 is 0 Å². The molecule has 5 nitrogen and oxygen atoms in total. The first-order chi connectivity index (χ1) is 16.3. The van der Waals surface area contributed by atoms with Gasteiger partial charge in [0.25, 0.3) is 0 Å². The highest BCUT2D eigenvalue weighted by molar-refractivity contribution is 5.31. The number of hydrogen-bond acceptors (Lipinski definition) is 4. The van der Waals surface area contributed by atoms with E-state index in [-0.39, 0.29) is 5.82 Å². The number of nitrogens with zero attached hydrogens (tertiary/aromatic N) is 5. The molecule has 9 heteroatoms. The van der Waals surface area contributed by atoms with E-state index in [1.807, 2.05) is 37.3 Å². The van der Waals surface area contributed by atoms with Gasteiger partial charge in [-0.3, -0.25) is 4.90 Å². The van der Waals surface area contributed by atoms with E-state index in [0.29, 0.717) is 31.0 Å². The molecule has 0 saturated carbocycles. The van der Waals surface area contributed by atoms with Gasteiger partial charge in [-0.1, -0.05) is 61.5 Å². The summed E-state index contributed by atoms with van der Waals surface area (Å²) in [7, 11) is 0. The monoisotopic (exact) mass is 469 g/mol. The van der Waals surface area contributed by atoms with E-state index in [1.165, 1.54) is 24.3 Å². The van der Waals surface area contributed by atoms with Crippen molar-refractivity contribution in [1.29, 1.82) is 0 Å². The maximum absolute atomic E-state index is 13.3. The third-order valence-corrected chi connectivity index (χ3v) is 5.60.